The summed E-state index contributed by atoms with van der Waals surface area (Å²) >= 11 is 0. The molecule has 0 radical (unpaired) electrons. The summed E-state index contributed by atoms with van der Waals surface area (Å²) in [7, 11) is 0. The van der Waals surface area contributed by atoms with E-state index < -0.39 is 11.6 Å². The summed E-state index contributed by atoms with van der Waals surface area (Å²) in [4.78, 5) is 32.3. The molecule has 3 heterocycles. The number of ether oxygens (including phenoxy) is 2. The largest absolute Gasteiger partial charge is 0.525 e. The molecule has 8 nitrogen and oxygen atoms in total. The van der Waals surface area contributed by atoms with E-state index in [1.165, 1.54) is 5.06 Å². The van der Waals surface area contributed by atoms with Crippen LogP contribution in [0.4, 0.5) is 10.5 Å². The molecule has 0 aliphatic carbocycles. The fourth-order valence-electron chi connectivity index (χ4n) is 6.38. The lowest BCUT2D eigenvalue weighted by molar-refractivity contribution is -0.122. The molecular formula is C33H28N2O6. The third-order valence-corrected chi connectivity index (χ3v) is 8.17. The number of nitrogens with zero attached hydrogens (tertiary/aromatic N) is 2. The molecule has 206 valence electrons. The molecule has 7 rings (SSSR count). The van der Waals surface area contributed by atoms with Crippen molar-refractivity contribution in [3.8, 4) is 11.5 Å². The Morgan fingerprint density at radius 3 is 2.29 bits per heavy atom. The number of carbonyl (C=O) groups is 2. The lowest BCUT2D eigenvalue weighted by Crippen LogP contribution is -2.44. The molecule has 1 spiro atoms. The smallest absolute Gasteiger partial charge is 0.491 e. The molecule has 0 aromatic heterocycles. The highest BCUT2D eigenvalue weighted by Crippen LogP contribution is 2.55. The lowest BCUT2D eigenvalue weighted by atomic mass is 9.77. The van der Waals surface area contributed by atoms with Gasteiger partial charge in [-0.3, -0.25) is 9.69 Å². The van der Waals surface area contributed by atoms with Crippen LogP contribution in [0.5, 0.6) is 11.5 Å². The zero-order chi connectivity index (χ0) is 28.0. The molecule has 1 fully saturated rings. The SMILES string of the molecule is O=C(O)ON1CC[C@H](Oc2ccc3c(c2)OCC32C(=O)N(C(c3ccccc3)c3ccccc3)c3ccccc32)C1. The Morgan fingerprint density at radius 2 is 1.59 bits per heavy atom. The minimum Gasteiger partial charge on any atom is -0.491 e. The second-order valence-corrected chi connectivity index (χ2v) is 10.5. The fraction of sp³-hybridized carbons (Fsp3) is 0.212. The Hall–Kier alpha value is -4.82. The van der Waals surface area contributed by atoms with Crippen LogP contribution in [0, 0.1) is 0 Å². The van der Waals surface area contributed by atoms with E-state index in [1.807, 2.05) is 83.8 Å². The molecule has 1 unspecified atom stereocenters. The molecule has 3 aliphatic rings. The first kappa shape index (κ1) is 25.2. The summed E-state index contributed by atoms with van der Waals surface area (Å²) in [5, 5.41) is 10.3. The number of hydrogen-bond acceptors (Lipinski definition) is 6. The van der Waals surface area contributed by atoms with E-state index in [9.17, 15) is 9.59 Å². The maximum atomic E-state index is 14.8. The number of fused-ring (bicyclic) bond motifs is 4. The van der Waals surface area contributed by atoms with Gasteiger partial charge < -0.3 is 19.4 Å². The normalized spacial score (nSPS) is 21.1. The van der Waals surface area contributed by atoms with Crippen molar-refractivity contribution in [2.75, 3.05) is 24.6 Å². The van der Waals surface area contributed by atoms with Crippen LogP contribution in [0.3, 0.4) is 0 Å². The van der Waals surface area contributed by atoms with Gasteiger partial charge in [0.25, 0.3) is 0 Å². The quantitative estimate of drug-likeness (QED) is 0.337. The average Bonchev–Trinajstić information content (AvgIpc) is 3.66. The van der Waals surface area contributed by atoms with Crippen molar-refractivity contribution in [3.05, 3.63) is 125 Å². The first-order valence-corrected chi connectivity index (χ1v) is 13.7. The minimum absolute atomic E-state index is 0.0268. The third-order valence-electron chi connectivity index (χ3n) is 8.17. The van der Waals surface area contributed by atoms with Crippen LogP contribution in [0.25, 0.3) is 0 Å². The summed E-state index contributed by atoms with van der Waals surface area (Å²) in [6.45, 7) is 1.00. The molecule has 1 amide bonds. The van der Waals surface area contributed by atoms with Gasteiger partial charge in [0, 0.05) is 30.3 Å². The van der Waals surface area contributed by atoms with Crippen molar-refractivity contribution in [2.24, 2.45) is 0 Å². The van der Waals surface area contributed by atoms with E-state index in [4.69, 9.17) is 19.4 Å². The van der Waals surface area contributed by atoms with E-state index in [0.717, 1.165) is 27.9 Å². The van der Waals surface area contributed by atoms with Crippen LogP contribution < -0.4 is 14.4 Å². The van der Waals surface area contributed by atoms with Crippen molar-refractivity contribution in [1.29, 1.82) is 0 Å². The van der Waals surface area contributed by atoms with Crippen LogP contribution >= 0.6 is 0 Å². The van der Waals surface area contributed by atoms with E-state index in [-0.39, 0.29) is 24.7 Å². The number of amides is 1. The summed E-state index contributed by atoms with van der Waals surface area (Å²) in [6.07, 6.45) is -0.917. The third kappa shape index (κ3) is 4.19. The first-order chi connectivity index (χ1) is 20.0. The van der Waals surface area contributed by atoms with E-state index in [2.05, 4.69) is 24.3 Å². The Bertz CT molecular complexity index is 1570. The number of hydroxylamine groups is 2. The zero-order valence-electron chi connectivity index (χ0n) is 22.2. The van der Waals surface area contributed by atoms with Gasteiger partial charge in [0.05, 0.1) is 12.6 Å². The molecular weight excluding hydrogens is 520 g/mol. The predicted octanol–water partition coefficient (Wildman–Crippen LogP) is 5.56. The van der Waals surface area contributed by atoms with Gasteiger partial charge in [-0.25, -0.2) is 4.79 Å². The van der Waals surface area contributed by atoms with Crippen molar-refractivity contribution in [1.82, 2.24) is 5.06 Å². The minimum atomic E-state index is -1.33. The number of hydrogen-bond donors (Lipinski definition) is 1. The summed E-state index contributed by atoms with van der Waals surface area (Å²) in [6, 6.07) is 33.5. The number of benzene rings is 4. The fourth-order valence-corrected chi connectivity index (χ4v) is 6.38. The average molecular weight is 549 g/mol. The second kappa shape index (κ2) is 9.98. The molecule has 41 heavy (non-hydrogen) atoms. The lowest BCUT2D eigenvalue weighted by Gasteiger charge is -2.31. The van der Waals surface area contributed by atoms with Gasteiger partial charge in [0.1, 0.15) is 29.6 Å². The molecule has 0 bridgehead atoms. The Balaban J connectivity index is 1.25. The standard InChI is InChI=1S/C33H28N2O6/c36-31-33(21-39-29-19-24(15-16-27(29)33)40-25-17-18-34(20-25)41-32(37)38)26-13-7-8-14-28(26)35(31)30(22-9-3-1-4-10-22)23-11-5-2-6-12-23/h1-16,19,25,30H,17-18,20-21H2,(H,37,38)/t25-,33?/m0/s1. The van der Waals surface area contributed by atoms with Crippen LogP contribution in [-0.4, -0.2) is 48.0 Å². The van der Waals surface area contributed by atoms with Gasteiger partial charge in [-0.2, -0.15) is 0 Å². The van der Waals surface area contributed by atoms with Crippen LogP contribution in [0.1, 0.15) is 34.7 Å². The number of carboxylic acid groups (broad SMARTS) is 1. The van der Waals surface area contributed by atoms with Crippen molar-refractivity contribution in [3.63, 3.8) is 0 Å². The molecule has 3 aliphatic heterocycles. The molecule has 4 aromatic rings. The van der Waals surface area contributed by atoms with Gasteiger partial charge in [-0.15, -0.1) is 5.06 Å². The molecule has 4 aromatic carbocycles. The van der Waals surface area contributed by atoms with Crippen LogP contribution in [-0.2, 0) is 15.0 Å². The number of carbonyl (C=O) groups excluding carboxylic acids is 1. The molecule has 8 heteroatoms. The maximum Gasteiger partial charge on any atom is 0.525 e. The Labute approximate surface area is 237 Å². The Morgan fingerprint density at radius 1 is 0.902 bits per heavy atom. The highest BCUT2D eigenvalue weighted by Gasteiger charge is 2.58. The van der Waals surface area contributed by atoms with Crippen molar-refractivity contribution < 1.29 is 29.0 Å². The molecule has 2 atom stereocenters. The number of anilines is 1. The second-order valence-electron chi connectivity index (χ2n) is 10.5. The number of para-hydroxylation sites is 1. The molecule has 1 N–H and O–H groups in total. The van der Waals surface area contributed by atoms with E-state index in [1.54, 1.807) is 0 Å². The molecule has 1 saturated heterocycles. The predicted molar refractivity (Wildman–Crippen MR) is 151 cm³/mol. The van der Waals surface area contributed by atoms with Gasteiger partial charge >= 0.3 is 6.16 Å². The van der Waals surface area contributed by atoms with Crippen LogP contribution in [0.15, 0.2) is 103 Å². The van der Waals surface area contributed by atoms with Crippen molar-refractivity contribution >= 4 is 17.7 Å². The maximum absolute atomic E-state index is 14.8. The topological polar surface area (TPSA) is 88.5 Å². The summed E-state index contributed by atoms with van der Waals surface area (Å²) in [5.74, 6) is 1.19. The highest BCUT2D eigenvalue weighted by molar-refractivity contribution is 6.12. The van der Waals surface area contributed by atoms with Gasteiger partial charge in [0.2, 0.25) is 5.91 Å². The van der Waals surface area contributed by atoms with Crippen LogP contribution in [0.2, 0.25) is 0 Å². The monoisotopic (exact) mass is 548 g/mol. The van der Waals surface area contributed by atoms with Crippen molar-refractivity contribution in [2.45, 2.75) is 24.0 Å². The van der Waals surface area contributed by atoms with E-state index >= 15 is 0 Å². The highest BCUT2D eigenvalue weighted by atomic mass is 16.8. The van der Waals surface area contributed by atoms with Gasteiger partial charge in [-0.1, -0.05) is 84.9 Å². The Kier molecular flexibility index (Phi) is 6.12. The van der Waals surface area contributed by atoms with Gasteiger partial charge in [-0.05, 0) is 28.8 Å². The van der Waals surface area contributed by atoms with Gasteiger partial charge in [0.15, 0.2) is 0 Å². The first-order valence-electron chi connectivity index (χ1n) is 13.7. The van der Waals surface area contributed by atoms with E-state index in [0.29, 0.717) is 31.0 Å². The summed E-state index contributed by atoms with van der Waals surface area (Å²) in [5.41, 5.74) is 3.68. The summed E-state index contributed by atoms with van der Waals surface area (Å²) < 4.78 is 12.4. The number of rotatable bonds is 6. The zero-order valence-corrected chi connectivity index (χ0v) is 22.2. The molecule has 0 saturated carbocycles.